The van der Waals surface area contributed by atoms with Gasteiger partial charge in [-0.05, 0) is 53.8 Å². The minimum absolute atomic E-state index is 0.253. The van der Waals surface area contributed by atoms with E-state index in [-0.39, 0.29) is 23.5 Å². The van der Waals surface area contributed by atoms with Crippen LogP contribution in [0.5, 0.6) is 0 Å². The highest BCUT2D eigenvalue weighted by Gasteiger charge is 2.21. The average Bonchev–Trinajstić information content (AvgIpc) is 3.35. The Kier molecular flexibility index (Phi) is 7.95. The molecule has 1 amide bonds. The Bertz CT molecular complexity index is 1300. The summed E-state index contributed by atoms with van der Waals surface area (Å²) in [7, 11) is 0. The van der Waals surface area contributed by atoms with E-state index >= 15 is 0 Å². The van der Waals surface area contributed by atoms with E-state index in [1.807, 2.05) is 24.3 Å². The predicted molar refractivity (Wildman–Crippen MR) is 140 cm³/mol. The van der Waals surface area contributed by atoms with Gasteiger partial charge < -0.3 is 21.1 Å². The van der Waals surface area contributed by atoms with E-state index in [0.29, 0.717) is 41.7 Å². The van der Waals surface area contributed by atoms with Crippen molar-refractivity contribution < 1.29 is 14.7 Å². The molecule has 1 fully saturated rings. The molecule has 36 heavy (non-hydrogen) atoms. The van der Waals surface area contributed by atoms with Crippen molar-refractivity contribution in [3.63, 3.8) is 0 Å². The maximum Gasteiger partial charge on any atom is 0.308 e. The zero-order valence-corrected chi connectivity index (χ0v) is 20.0. The first-order chi connectivity index (χ1) is 17.4. The van der Waals surface area contributed by atoms with Gasteiger partial charge >= 0.3 is 5.97 Å². The molecule has 0 unspecified atom stereocenters. The van der Waals surface area contributed by atoms with Gasteiger partial charge in [0, 0.05) is 29.4 Å². The van der Waals surface area contributed by atoms with Crippen LogP contribution in [0.4, 0.5) is 11.4 Å². The van der Waals surface area contributed by atoms with Crippen molar-refractivity contribution in [3.8, 4) is 0 Å². The van der Waals surface area contributed by atoms with Gasteiger partial charge in [-0.2, -0.15) is 0 Å². The molecule has 2 aromatic carbocycles. The van der Waals surface area contributed by atoms with Crippen LogP contribution in [0.2, 0.25) is 0 Å². The first-order valence-electron chi connectivity index (χ1n) is 12.1. The number of carboxylic acids is 1. The molecule has 3 aromatic rings. The Morgan fingerprint density at radius 3 is 2.44 bits per heavy atom. The summed E-state index contributed by atoms with van der Waals surface area (Å²) in [6.07, 6.45) is 8.36. The fourth-order valence-electron chi connectivity index (χ4n) is 4.53. The van der Waals surface area contributed by atoms with Crippen molar-refractivity contribution in [2.45, 2.75) is 44.9 Å². The molecule has 0 atom stereocenters. The van der Waals surface area contributed by atoms with Crippen LogP contribution in [0, 0.1) is 5.92 Å². The summed E-state index contributed by atoms with van der Waals surface area (Å²) < 4.78 is 0. The van der Waals surface area contributed by atoms with Gasteiger partial charge in [-0.1, -0.05) is 49.9 Å². The number of rotatable bonds is 9. The minimum Gasteiger partial charge on any atom is -0.481 e. The lowest BCUT2D eigenvalue weighted by molar-refractivity contribution is -0.136. The minimum atomic E-state index is -1.04. The van der Waals surface area contributed by atoms with Gasteiger partial charge in [0.05, 0.1) is 12.1 Å². The Labute approximate surface area is 209 Å². The van der Waals surface area contributed by atoms with Crippen LogP contribution in [0.15, 0.2) is 59.4 Å². The first-order valence-corrected chi connectivity index (χ1v) is 12.1. The maximum atomic E-state index is 12.7. The number of aromatic nitrogens is 2. The lowest BCUT2D eigenvalue weighted by Gasteiger charge is -2.13. The molecular weight excluding hydrogens is 456 g/mol. The number of anilines is 2. The monoisotopic (exact) mass is 486 g/mol. The number of nitrogens with zero attached hydrogens (tertiary/aromatic N) is 1. The molecule has 186 valence electrons. The number of carbonyl (C=O) groups is 2. The largest absolute Gasteiger partial charge is 0.481 e. The van der Waals surface area contributed by atoms with Crippen molar-refractivity contribution in [3.05, 3.63) is 93.2 Å². The van der Waals surface area contributed by atoms with Gasteiger partial charge in [0.15, 0.2) is 0 Å². The van der Waals surface area contributed by atoms with E-state index in [4.69, 9.17) is 5.73 Å². The number of nitrogens with two attached hydrogens (primary N) is 1. The predicted octanol–water partition coefficient (Wildman–Crippen LogP) is 3.95. The van der Waals surface area contributed by atoms with Crippen molar-refractivity contribution in [1.29, 1.82) is 0 Å². The number of carbonyl (C=O) groups excluding carboxylic acids is 1. The van der Waals surface area contributed by atoms with Crippen LogP contribution in [0.25, 0.3) is 6.08 Å². The Morgan fingerprint density at radius 2 is 1.78 bits per heavy atom. The highest BCUT2D eigenvalue weighted by molar-refractivity contribution is 6.01. The Morgan fingerprint density at radius 1 is 1.08 bits per heavy atom. The average molecular weight is 487 g/mol. The fraction of sp³-hybridized carbons (Fsp3) is 0.286. The third-order valence-corrected chi connectivity index (χ3v) is 6.39. The Balaban J connectivity index is 1.43. The van der Waals surface area contributed by atoms with E-state index in [0.717, 1.165) is 36.8 Å². The summed E-state index contributed by atoms with van der Waals surface area (Å²) >= 11 is 0. The molecule has 0 spiro atoms. The van der Waals surface area contributed by atoms with Crippen LogP contribution >= 0.6 is 0 Å². The summed E-state index contributed by atoms with van der Waals surface area (Å²) in [5.74, 6) is -0.346. The summed E-state index contributed by atoms with van der Waals surface area (Å²) in [4.78, 5) is 43.7. The molecular formula is C28H30N4O4. The first kappa shape index (κ1) is 24.9. The SMILES string of the molecule is Nc1ccc(/C=C/C(=O)Nc2ccc(Cc3nc(CC4CCCC4)c(CC(=O)O)c(=O)[nH]3)cc2)cc1. The number of aliphatic carboxylic acids is 1. The van der Waals surface area contributed by atoms with E-state index < -0.39 is 5.97 Å². The molecule has 0 aliphatic heterocycles. The van der Waals surface area contributed by atoms with Gasteiger partial charge in [0.1, 0.15) is 5.82 Å². The number of benzene rings is 2. The third-order valence-electron chi connectivity index (χ3n) is 6.39. The third kappa shape index (κ3) is 6.91. The molecule has 1 heterocycles. The van der Waals surface area contributed by atoms with Gasteiger partial charge in [0.2, 0.25) is 5.91 Å². The van der Waals surface area contributed by atoms with Crippen LogP contribution in [0.3, 0.4) is 0 Å². The number of nitrogen functional groups attached to an aromatic ring is 1. The van der Waals surface area contributed by atoms with E-state index in [9.17, 15) is 19.5 Å². The second-order valence-electron chi connectivity index (χ2n) is 9.23. The molecule has 1 aliphatic rings. The quantitative estimate of drug-likeness (QED) is 0.267. The zero-order valence-electron chi connectivity index (χ0n) is 20.0. The van der Waals surface area contributed by atoms with Gasteiger partial charge in [-0.3, -0.25) is 14.4 Å². The molecule has 8 heteroatoms. The van der Waals surface area contributed by atoms with E-state index in [2.05, 4.69) is 15.3 Å². The number of hydrogen-bond acceptors (Lipinski definition) is 5. The highest BCUT2D eigenvalue weighted by atomic mass is 16.4. The van der Waals surface area contributed by atoms with Gasteiger partial charge in [-0.25, -0.2) is 4.98 Å². The summed E-state index contributed by atoms with van der Waals surface area (Å²) in [5, 5.41) is 12.1. The van der Waals surface area contributed by atoms with Crippen LogP contribution in [0.1, 0.15) is 53.9 Å². The second kappa shape index (κ2) is 11.5. The standard InChI is InChI=1S/C28H30N4O4/c29-21-10-5-18(6-11-21)9-14-26(33)30-22-12-7-20(8-13-22)16-25-31-24(15-19-3-1-2-4-19)23(17-27(34)35)28(36)32-25/h5-14,19H,1-4,15-17,29H2,(H,30,33)(H,34,35)(H,31,32,36)/b14-9+. The van der Waals surface area contributed by atoms with Crippen molar-refractivity contribution in [2.75, 3.05) is 11.1 Å². The van der Waals surface area contributed by atoms with Gasteiger partial charge in [-0.15, -0.1) is 0 Å². The smallest absolute Gasteiger partial charge is 0.308 e. The molecule has 1 aromatic heterocycles. The van der Waals surface area contributed by atoms with E-state index in [1.165, 1.54) is 6.08 Å². The second-order valence-corrected chi connectivity index (χ2v) is 9.23. The number of hydrogen-bond donors (Lipinski definition) is 4. The zero-order chi connectivity index (χ0) is 25.5. The number of nitrogens with one attached hydrogen (secondary N) is 2. The molecule has 0 saturated heterocycles. The molecule has 0 radical (unpaired) electrons. The Hall–Kier alpha value is -4.20. The molecule has 8 nitrogen and oxygen atoms in total. The maximum absolute atomic E-state index is 12.7. The lowest BCUT2D eigenvalue weighted by atomic mass is 9.98. The normalized spacial score (nSPS) is 13.8. The van der Waals surface area contributed by atoms with Crippen LogP contribution < -0.4 is 16.6 Å². The summed E-state index contributed by atoms with van der Waals surface area (Å²) in [5.41, 5.74) is 9.23. The molecule has 1 saturated carbocycles. The number of H-pyrrole nitrogens is 1. The number of carboxylic acid groups (broad SMARTS) is 1. The highest BCUT2D eigenvalue weighted by Crippen LogP contribution is 2.28. The summed E-state index contributed by atoms with van der Waals surface area (Å²) in [6, 6.07) is 14.5. The van der Waals surface area contributed by atoms with Crippen molar-refractivity contribution in [2.24, 2.45) is 5.92 Å². The van der Waals surface area contributed by atoms with Crippen LogP contribution in [-0.4, -0.2) is 27.0 Å². The molecule has 5 N–H and O–H groups in total. The molecule has 4 rings (SSSR count). The summed E-state index contributed by atoms with van der Waals surface area (Å²) in [6.45, 7) is 0. The number of aromatic amines is 1. The fourth-order valence-corrected chi connectivity index (χ4v) is 4.53. The van der Waals surface area contributed by atoms with E-state index in [1.54, 1.807) is 30.3 Å². The van der Waals surface area contributed by atoms with Crippen molar-refractivity contribution >= 4 is 29.3 Å². The topological polar surface area (TPSA) is 138 Å². The van der Waals surface area contributed by atoms with Crippen LogP contribution in [-0.2, 0) is 28.9 Å². The number of amides is 1. The molecule has 1 aliphatic carbocycles. The molecule has 0 bridgehead atoms. The van der Waals surface area contributed by atoms with Gasteiger partial charge in [0.25, 0.3) is 5.56 Å². The van der Waals surface area contributed by atoms with Crippen molar-refractivity contribution in [1.82, 2.24) is 9.97 Å². The lowest BCUT2D eigenvalue weighted by Crippen LogP contribution is -2.24.